The van der Waals surface area contributed by atoms with Crippen LogP contribution in [0.15, 0.2) is 36.7 Å². The van der Waals surface area contributed by atoms with Crippen LogP contribution in [0.3, 0.4) is 0 Å². The molecule has 0 radical (unpaired) electrons. The second kappa shape index (κ2) is 3.87. The van der Waals surface area contributed by atoms with E-state index in [0.717, 1.165) is 24.1 Å². The minimum absolute atomic E-state index is 0.677. The van der Waals surface area contributed by atoms with Crippen molar-refractivity contribution in [2.45, 2.75) is 6.42 Å². The van der Waals surface area contributed by atoms with Crippen LogP contribution >= 0.6 is 0 Å². The van der Waals surface area contributed by atoms with Crippen LogP contribution < -0.4 is 0 Å². The zero-order valence-corrected chi connectivity index (χ0v) is 7.60. The Balaban J connectivity index is 2.15. The molecule has 1 N–H and O–H groups in total. The molecule has 0 aromatic carbocycles. The van der Waals surface area contributed by atoms with Gasteiger partial charge in [-0.05, 0) is 18.2 Å². The van der Waals surface area contributed by atoms with Gasteiger partial charge in [-0.1, -0.05) is 6.07 Å². The molecule has 0 unspecified atom stereocenters. The van der Waals surface area contributed by atoms with E-state index < -0.39 is 0 Å². The van der Waals surface area contributed by atoms with Crippen molar-refractivity contribution in [3.05, 3.63) is 53.6 Å². The van der Waals surface area contributed by atoms with E-state index in [0.29, 0.717) is 5.56 Å². The summed E-state index contributed by atoms with van der Waals surface area (Å²) in [5.41, 5.74) is 2.67. The van der Waals surface area contributed by atoms with Crippen LogP contribution in [0.25, 0.3) is 0 Å². The van der Waals surface area contributed by atoms with Gasteiger partial charge in [0.1, 0.15) is 0 Å². The molecular weight excluding hydrogens is 176 g/mol. The number of hydrogen-bond donors (Lipinski definition) is 1. The third kappa shape index (κ3) is 1.88. The van der Waals surface area contributed by atoms with Gasteiger partial charge in [-0.3, -0.25) is 9.78 Å². The molecule has 0 fully saturated rings. The molecule has 0 amide bonds. The average Bonchev–Trinajstić information content (AvgIpc) is 2.67. The van der Waals surface area contributed by atoms with Crippen LogP contribution in [-0.2, 0) is 6.42 Å². The fraction of sp³-hybridized carbons (Fsp3) is 0.0909. The first-order chi connectivity index (χ1) is 6.88. The normalized spacial score (nSPS) is 10.0. The Morgan fingerprint density at radius 3 is 3.00 bits per heavy atom. The molecule has 0 saturated heterocycles. The van der Waals surface area contributed by atoms with E-state index in [1.807, 2.05) is 24.3 Å². The van der Waals surface area contributed by atoms with E-state index in [1.54, 1.807) is 12.4 Å². The Kier molecular flexibility index (Phi) is 2.40. The molecular formula is C11H10N2O. The van der Waals surface area contributed by atoms with E-state index in [-0.39, 0.29) is 0 Å². The number of nitrogens with one attached hydrogen (secondary N) is 1. The lowest BCUT2D eigenvalue weighted by Crippen LogP contribution is -1.90. The molecule has 2 aromatic heterocycles. The average molecular weight is 186 g/mol. The Bertz CT molecular complexity index is 420. The van der Waals surface area contributed by atoms with Crippen LogP contribution in [-0.4, -0.2) is 16.3 Å². The smallest absolute Gasteiger partial charge is 0.151 e. The number of H-pyrrole nitrogens is 1. The predicted octanol–water partition coefficient (Wildman–Crippen LogP) is 1.81. The molecule has 0 spiro atoms. The highest BCUT2D eigenvalue weighted by Gasteiger charge is 1.99. The summed E-state index contributed by atoms with van der Waals surface area (Å²) < 4.78 is 0. The van der Waals surface area contributed by atoms with Crippen molar-refractivity contribution in [1.82, 2.24) is 9.97 Å². The lowest BCUT2D eigenvalue weighted by molar-refractivity contribution is 0.112. The highest BCUT2D eigenvalue weighted by Crippen LogP contribution is 2.06. The number of aromatic nitrogens is 2. The van der Waals surface area contributed by atoms with Gasteiger partial charge in [0.15, 0.2) is 6.29 Å². The molecule has 2 aromatic rings. The lowest BCUT2D eigenvalue weighted by Gasteiger charge is -1.96. The maximum absolute atomic E-state index is 10.4. The zero-order chi connectivity index (χ0) is 9.80. The van der Waals surface area contributed by atoms with Gasteiger partial charge in [0, 0.05) is 35.8 Å². The molecule has 0 saturated carbocycles. The first-order valence-electron chi connectivity index (χ1n) is 4.41. The zero-order valence-electron chi connectivity index (χ0n) is 7.60. The summed E-state index contributed by atoms with van der Waals surface area (Å²) in [5, 5.41) is 0. The SMILES string of the molecule is O=Cc1c[nH]c(Cc2ccccn2)c1. The van der Waals surface area contributed by atoms with Crippen LogP contribution in [0.5, 0.6) is 0 Å². The van der Waals surface area contributed by atoms with Crippen molar-refractivity contribution in [2.24, 2.45) is 0 Å². The molecule has 2 rings (SSSR count). The fourth-order valence-electron chi connectivity index (χ4n) is 1.33. The number of pyridine rings is 1. The maximum atomic E-state index is 10.4. The van der Waals surface area contributed by atoms with E-state index in [1.165, 1.54) is 0 Å². The van der Waals surface area contributed by atoms with Gasteiger partial charge in [-0.2, -0.15) is 0 Å². The Hall–Kier alpha value is -1.90. The summed E-state index contributed by atoms with van der Waals surface area (Å²) in [6, 6.07) is 7.63. The van der Waals surface area contributed by atoms with Crippen molar-refractivity contribution < 1.29 is 4.79 Å². The van der Waals surface area contributed by atoms with E-state index in [9.17, 15) is 4.79 Å². The van der Waals surface area contributed by atoms with Gasteiger partial charge >= 0.3 is 0 Å². The third-order valence-corrected chi connectivity index (χ3v) is 2.00. The summed E-state index contributed by atoms with van der Waals surface area (Å²) in [5.74, 6) is 0. The van der Waals surface area contributed by atoms with Gasteiger partial charge in [-0.25, -0.2) is 0 Å². The van der Waals surface area contributed by atoms with E-state index in [4.69, 9.17) is 0 Å². The second-order valence-corrected chi connectivity index (χ2v) is 3.07. The minimum atomic E-state index is 0.677. The standard InChI is InChI=1S/C11H10N2O/c14-8-9-5-11(13-7-9)6-10-3-1-2-4-12-10/h1-5,7-8,13H,6H2. The molecule has 0 atom stereocenters. The predicted molar refractivity (Wildman–Crippen MR) is 53.2 cm³/mol. The molecule has 0 aliphatic carbocycles. The van der Waals surface area contributed by atoms with Crippen molar-refractivity contribution >= 4 is 6.29 Å². The van der Waals surface area contributed by atoms with Gasteiger partial charge in [0.2, 0.25) is 0 Å². The Morgan fingerprint density at radius 1 is 1.43 bits per heavy atom. The molecule has 14 heavy (non-hydrogen) atoms. The van der Waals surface area contributed by atoms with Gasteiger partial charge in [0.25, 0.3) is 0 Å². The summed E-state index contributed by atoms with van der Waals surface area (Å²) in [6.07, 6.45) is 5.03. The van der Waals surface area contributed by atoms with Crippen molar-refractivity contribution in [2.75, 3.05) is 0 Å². The van der Waals surface area contributed by atoms with Crippen molar-refractivity contribution in [3.8, 4) is 0 Å². The summed E-state index contributed by atoms with van der Waals surface area (Å²) in [7, 11) is 0. The fourth-order valence-corrected chi connectivity index (χ4v) is 1.33. The van der Waals surface area contributed by atoms with Crippen molar-refractivity contribution in [3.63, 3.8) is 0 Å². The molecule has 3 nitrogen and oxygen atoms in total. The molecule has 0 bridgehead atoms. The highest BCUT2D eigenvalue weighted by molar-refractivity contribution is 5.74. The Labute approximate surface area is 81.8 Å². The van der Waals surface area contributed by atoms with Crippen molar-refractivity contribution in [1.29, 1.82) is 0 Å². The molecule has 3 heteroatoms. The first kappa shape index (κ1) is 8.69. The molecule has 0 aliphatic rings. The van der Waals surface area contributed by atoms with Gasteiger partial charge in [-0.15, -0.1) is 0 Å². The van der Waals surface area contributed by atoms with Gasteiger partial charge in [0.05, 0.1) is 0 Å². The number of carbonyl (C=O) groups is 1. The van der Waals surface area contributed by atoms with Gasteiger partial charge < -0.3 is 4.98 Å². The van der Waals surface area contributed by atoms with Crippen LogP contribution in [0.1, 0.15) is 21.7 Å². The van der Waals surface area contributed by atoms with E-state index >= 15 is 0 Å². The van der Waals surface area contributed by atoms with E-state index in [2.05, 4.69) is 9.97 Å². The lowest BCUT2D eigenvalue weighted by atomic mass is 10.2. The topological polar surface area (TPSA) is 45.8 Å². The number of rotatable bonds is 3. The number of carbonyl (C=O) groups excluding carboxylic acids is 1. The highest BCUT2D eigenvalue weighted by atomic mass is 16.1. The second-order valence-electron chi connectivity index (χ2n) is 3.07. The molecule has 0 aliphatic heterocycles. The summed E-state index contributed by atoms with van der Waals surface area (Å²) >= 11 is 0. The number of aldehydes is 1. The Morgan fingerprint density at radius 2 is 2.36 bits per heavy atom. The third-order valence-electron chi connectivity index (χ3n) is 2.00. The van der Waals surface area contributed by atoms with Crippen LogP contribution in [0, 0.1) is 0 Å². The molecule has 70 valence electrons. The monoisotopic (exact) mass is 186 g/mol. The van der Waals surface area contributed by atoms with Crippen LogP contribution in [0.2, 0.25) is 0 Å². The quantitative estimate of drug-likeness (QED) is 0.743. The summed E-state index contributed by atoms with van der Waals surface area (Å²) in [6.45, 7) is 0. The van der Waals surface area contributed by atoms with Crippen LogP contribution in [0.4, 0.5) is 0 Å². The number of nitrogens with zero attached hydrogens (tertiary/aromatic N) is 1. The number of aromatic amines is 1. The summed E-state index contributed by atoms with van der Waals surface area (Å²) in [4.78, 5) is 17.7. The number of hydrogen-bond acceptors (Lipinski definition) is 2. The minimum Gasteiger partial charge on any atom is -0.364 e. The molecule has 2 heterocycles. The maximum Gasteiger partial charge on any atom is 0.151 e. The largest absolute Gasteiger partial charge is 0.364 e. The first-order valence-corrected chi connectivity index (χ1v) is 4.41.